The lowest BCUT2D eigenvalue weighted by Crippen LogP contribution is -2.34. The van der Waals surface area contributed by atoms with Crippen LogP contribution in [0.4, 0.5) is 5.69 Å². The maximum atomic E-state index is 11.4. The molecule has 0 aliphatic heterocycles. The lowest BCUT2D eigenvalue weighted by molar-refractivity contribution is -0.119. The minimum atomic E-state index is -1.23. The fourth-order valence-electron chi connectivity index (χ4n) is 1.64. The number of nitrogens with one attached hydrogen (secondary N) is 1. The Hall–Kier alpha value is -2.12. The molecule has 0 saturated carbocycles. The number of carbonyl (C=O) groups is 2. The SMILES string of the molecule is COC(=O)c1ccc(C(O)C(O)CNC(C)=O)cc1N. The Balaban J connectivity index is 2.84. The minimum Gasteiger partial charge on any atom is -0.465 e. The molecular weight excluding hydrogens is 264 g/mol. The molecule has 1 amide bonds. The van der Waals surface area contributed by atoms with E-state index in [9.17, 15) is 19.8 Å². The zero-order chi connectivity index (χ0) is 15.3. The van der Waals surface area contributed by atoms with Crippen LogP contribution in [0.15, 0.2) is 18.2 Å². The Morgan fingerprint density at radius 3 is 2.55 bits per heavy atom. The number of hydrogen-bond donors (Lipinski definition) is 4. The Morgan fingerprint density at radius 1 is 1.40 bits per heavy atom. The molecule has 7 nitrogen and oxygen atoms in total. The maximum absolute atomic E-state index is 11.4. The van der Waals surface area contributed by atoms with E-state index in [4.69, 9.17) is 5.73 Å². The molecule has 20 heavy (non-hydrogen) atoms. The molecule has 0 aliphatic rings. The van der Waals surface area contributed by atoms with E-state index in [2.05, 4.69) is 10.1 Å². The van der Waals surface area contributed by atoms with Crippen LogP contribution < -0.4 is 11.1 Å². The average molecular weight is 282 g/mol. The van der Waals surface area contributed by atoms with Gasteiger partial charge >= 0.3 is 5.97 Å². The van der Waals surface area contributed by atoms with Crippen molar-refractivity contribution in [2.75, 3.05) is 19.4 Å². The number of carbonyl (C=O) groups excluding carboxylic acids is 2. The van der Waals surface area contributed by atoms with Crippen molar-refractivity contribution in [2.24, 2.45) is 0 Å². The molecule has 0 aliphatic carbocycles. The number of amides is 1. The molecule has 0 spiro atoms. The Morgan fingerprint density at radius 2 is 2.05 bits per heavy atom. The molecular formula is C13H18N2O5. The van der Waals surface area contributed by atoms with Gasteiger partial charge in [0.25, 0.3) is 0 Å². The second-order valence-corrected chi connectivity index (χ2v) is 4.29. The summed E-state index contributed by atoms with van der Waals surface area (Å²) >= 11 is 0. The standard InChI is InChI=1S/C13H18N2O5/c1-7(16)15-6-11(17)12(18)8-3-4-9(10(14)5-8)13(19)20-2/h3-5,11-12,17-18H,6,14H2,1-2H3,(H,15,16). The van der Waals surface area contributed by atoms with Gasteiger partial charge in [-0.1, -0.05) is 6.07 Å². The van der Waals surface area contributed by atoms with Crippen molar-refractivity contribution in [1.29, 1.82) is 0 Å². The van der Waals surface area contributed by atoms with Gasteiger partial charge < -0.3 is 26.0 Å². The van der Waals surface area contributed by atoms with Crippen LogP contribution in [-0.2, 0) is 9.53 Å². The second-order valence-electron chi connectivity index (χ2n) is 4.29. The summed E-state index contributed by atoms with van der Waals surface area (Å²) in [5.74, 6) is -0.890. The third-order valence-corrected chi connectivity index (χ3v) is 2.75. The highest BCUT2D eigenvalue weighted by molar-refractivity contribution is 5.95. The normalized spacial score (nSPS) is 13.4. The monoisotopic (exact) mass is 282 g/mol. The van der Waals surface area contributed by atoms with Crippen LogP contribution in [0.2, 0.25) is 0 Å². The Bertz CT molecular complexity index is 504. The van der Waals surface area contributed by atoms with Gasteiger partial charge in [-0.2, -0.15) is 0 Å². The van der Waals surface area contributed by atoms with Gasteiger partial charge in [-0.05, 0) is 17.7 Å². The van der Waals surface area contributed by atoms with E-state index in [0.717, 1.165) is 0 Å². The molecule has 1 aromatic carbocycles. The summed E-state index contributed by atoms with van der Waals surface area (Å²) in [4.78, 5) is 22.1. The first-order valence-corrected chi connectivity index (χ1v) is 5.95. The van der Waals surface area contributed by atoms with Crippen molar-refractivity contribution in [3.05, 3.63) is 29.3 Å². The fraction of sp³-hybridized carbons (Fsp3) is 0.385. The molecule has 0 saturated heterocycles. The van der Waals surface area contributed by atoms with Gasteiger partial charge in [0.2, 0.25) is 5.91 Å². The number of aliphatic hydroxyl groups is 2. The van der Waals surface area contributed by atoms with Gasteiger partial charge in [0.15, 0.2) is 0 Å². The molecule has 7 heteroatoms. The van der Waals surface area contributed by atoms with E-state index >= 15 is 0 Å². The highest BCUT2D eigenvalue weighted by Gasteiger charge is 2.20. The molecule has 2 unspecified atom stereocenters. The van der Waals surface area contributed by atoms with Crippen molar-refractivity contribution in [2.45, 2.75) is 19.1 Å². The van der Waals surface area contributed by atoms with Crippen molar-refractivity contribution < 1.29 is 24.5 Å². The van der Waals surface area contributed by atoms with Gasteiger partial charge in [-0.15, -0.1) is 0 Å². The lowest BCUT2D eigenvalue weighted by atomic mass is 10.0. The van der Waals surface area contributed by atoms with Crippen molar-refractivity contribution >= 4 is 17.6 Å². The van der Waals surface area contributed by atoms with Crippen molar-refractivity contribution in [3.8, 4) is 0 Å². The van der Waals surface area contributed by atoms with E-state index in [0.29, 0.717) is 5.56 Å². The maximum Gasteiger partial charge on any atom is 0.339 e. The Kier molecular flexibility index (Phi) is 5.48. The first-order valence-electron chi connectivity index (χ1n) is 5.95. The summed E-state index contributed by atoms with van der Waals surface area (Å²) in [7, 11) is 1.24. The number of anilines is 1. The number of ether oxygens (including phenoxy) is 1. The topological polar surface area (TPSA) is 122 Å². The Labute approximate surface area is 116 Å². The lowest BCUT2D eigenvalue weighted by Gasteiger charge is -2.19. The fourth-order valence-corrected chi connectivity index (χ4v) is 1.64. The first-order chi connectivity index (χ1) is 9.36. The third-order valence-electron chi connectivity index (χ3n) is 2.75. The number of esters is 1. The molecule has 0 heterocycles. The summed E-state index contributed by atoms with van der Waals surface area (Å²) in [6.45, 7) is 1.22. The van der Waals surface area contributed by atoms with Crippen LogP contribution in [0, 0.1) is 0 Å². The van der Waals surface area contributed by atoms with Gasteiger partial charge in [0.1, 0.15) is 12.2 Å². The molecule has 110 valence electrons. The van der Waals surface area contributed by atoms with Crippen LogP contribution in [0.3, 0.4) is 0 Å². The van der Waals surface area contributed by atoms with Crippen molar-refractivity contribution in [1.82, 2.24) is 5.32 Å². The van der Waals surface area contributed by atoms with Crippen LogP contribution in [0.5, 0.6) is 0 Å². The average Bonchev–Trinajstić information content (AvgIpc) is 2.42. The highest BCUT2D eigenvalue weighted by Crippen LogP contribution is 2.22. The number of methoxy groups -OCH3 is 1. The smallest absolute Gasteiger partial charge is 0.339 e. The first kappa shape index (κ1) is 15.9. The molecule has 0 aromatic heterocycles. The number of rotatable bonds is 5. The van der Waals surface area contributed by atoms with E-state index in [1.165, 1.54) is 32.2 Å². The summed E-state index contributed by atoms with van der Waals surface area (Å²) in [6.07, 6.45) is -2.40. The summed E-state index contributed by atoms with van der Waals surface area (Å²) in [5, 5.41) is 22.1. The van der Waals surface area contributed by atoms with E-state index in [1.54, 1.807) is 0 Å². The summed E-state index contributed by atoms with van der Waals surface area (Å²) in [6, 6.07) is 4.25. The zero-order valence-electron chi connectivity index (χ0n) is 11.3. The minimum absolute atomic E-state index is 0.0881. The molecule has 0 fully saturated rings. The van der Waals surface area contributed by atoms with E-state index in [1.807, 2.05) is 0 Å². The van der Waals surface area contributed by atoms with Crippen LogP contribution in [0.25, 0.3) is 0 Å². The van der Waals surface area contributed by atoms with Gasteiger partial charge in [0.05, 0.1) is 12.7 Å². The molecule has 5 N–H and O–H groups in total. The highest BCUT2D eigenvalue weighted by atomic mass is 16.5. The molecule has 0 bridgehead atoms. The quantitative estimate of drug-likeness (QED) is 0.430. The van der Waals surface area contributed by atoms with Crippen LogP contribution in [0.1, 0.15) is 28.9 Å². The second kappa shape index (κ2) is 6.88. The van der Waals surface area contributed by atoms with Crippen molar-refractivity contribution in [3.63, 3.8) is 0 Å². The predicted molar refractivity (Wildman–Crippen MR) is 71.8 cm³/mol. The molecule has 1 rings (SSSR count). The number of nitrogen functional groups attached to an aromatic ring is 1. The zero-order valence-corrected chi connectivity index (χ0v) is 11.3. The summed E-state index contributed by atoms with van der Waals surface area (Å²) in [5.41, 5.74) is 6.35. The van der Waals surface area contributed by atoms with Crippen LogP contribution >= 0.6 is 0 Å². The molecule has 2 atom stereocenters. The van der Waals surface area contributed by atoms with Crippen LogP contribution in [-0.4, -0.2) is 41.8 Å². The van der Waals surface area contributed by atoms with Gasteiger partial charge in [0, 0.05) is 19.2 Å². The summed E-state index contributed by atoms with van der Waals surface area (Å²) < 4.78 is 4.55. The molecule has 1 aromatic rings. The molecule has 0 radical (unpaired) electrons. The largest absolute Gasteiger partial charge is 0.465 e. The number of hydrogen-bond acceptors (Lipinski definition) is 6. The number of benzene rings is 1. The van der Waals surface area contributed by atoms with Gasteiger partial charge in [-0.3, -0.25) is 4.79 Å². The number of nitrogens with two attached hydrogens (primary N) is 1. The predicted octanol–water partition coefficient (Wildman–Crippen LogP) is -0.414. The van der Waals surface area contributed by atoms with E-state index in [-0.39, 0.29) is 23.7 Å². The van der Waals surface area contributed by atoms with Gasteiger partial charge in [-0.25, -0.2) is 4.79 Å². The van der Waals surface area contributed by atoms with E-state index < -0.39 is 18.2 Å². The number of aliphatic hydroxyl groups excluding tert-OH is 2. The third kappa shape index (κ3) is 3.94.